The molecule has 0 saturated heterocycles. The first-order valence-electron chi connectivity index (χ1n) is 5.41. The summed E-state index contributed by atoms with van der Waals surface area (Å²) >= 11 is 13.5. The molecule has 2 aromatic rings. The highest BCUT2D eigenvalue weighted by Gasteiger charge is 2.08. The Morgan fingerprint density at radius 3 is 2.67 bits per heavy atom. The zero-order valence-electron chi connectivity index (χ0n) is 9.86. The van der Waals surface area contributed by atoms with E-state index in [2.05, 4.69) is 4.98 Å². The van der Waals surface area contributed by atoms with Gasteiger partial charge in [0.15, 0.2) is 0 Å². The number of aromatic nitrogens is 1. The van der Waals surface area contributed by atoms with Crippen molar-refractivity contribution in [2.75, 3.05) is 11.9 Å². The van der Waals surface area contributed by atoms with Crippen LogP contribution in [0.25, 0.3) is 0 Å². The maximum atomic E-state index is 5.99. The second kappa shape index (κ2) is 5.89. The topological polar surface area (TPSA) is 42.1 Å². The molecule has 0 fully saturated rings. The van der Waals surface area contributed by atoms with Gasteiger partial charge in [-0.15, -0.1) is 11.3 Å². The summed E-state index contributed by atoms with van der Waals surface area (Å²) in [6.07, 6.45) is 0. The fourth-order valence-electron chi connectivity index (χ4n) is 1.58. The SMILES string of the molecule is CN(Cc1ccc(Cl)s1)c1ccc(Cl)c(CN)n1. The second-order valence-electron chi connectivity index (χ2n) is 3.86. The summed E-state index contributed by atoms with van der Waals surface area (Å²) in [5.74, 6) is 0.851. The quantitative estimate of drug-likeness (QED) is 0.939. The highest BCUT2D eigenvalue weighted by Crippen LogP contribution is 2.24. The largest absolute Gasteiger partial charge is 0.355 e. The van der Waals surface area contributed by atoms with E-state index >= 15 is 0 Å². The minimum Gasteiger partial charge on any atom is -0.355 e. The van der Waals surface area contributed by atoms with E-state index in [-0.39, 0.29) is 0 Å². The van der Waals surface area contributed by atoms with E-state index in [0.717, 1.165) is 16.7 Å². The van der Waals surface area contributed by atoms with Crippen LogP contribution in [-0.2, 0) is 13.1 Å². The second-order valence-corrected chi connectivity index (χ2v) is 6.07. The third kappa shape index (κ3) is 3.14. The molecular formula is C12H13Cl2N3S. The van der Waals surface area contributed by atoms with Crippen LogP contribution in [0.2, 0.25) is 9.36 Å². The first kappa shape index (κ1) is 13.6. The third-order valence-corrected chi connectivity index (χ3v) is 4.07. The Labute approximate surface area is 120 Å². The van der Waals surface area contributed by atoms with E-state index in [1.54, 1.807) is 11.3 Å². The van der Waals surface area contributed by atoms with Crippen molar-refractivity contribution >= 4 is 40.4 Å². The molecule has 0 unspecified atom stereocenters. The van der Waals surface area contributed by atoms with Crippen LogP contribution < -0.4 is 10.6 Å². The molecule has 0 aliphatic carbocycles. The number of rotatable bonds is 4. The molecule has 2 rings (SSSR count). The van der Waals surface area contributed by atoms with Crippen LogP contribution in [0.5, 0.6) is 0 Å². The molecule has 2 heterocycles. The zero-order valence-corrected chi connectivity index (χ0v) is 12.2. The molecule has 2 N–H and O–H groups in total. The van der Waals surface area contributed by atoms with Gasteiger partial charge in [0.25, 0.3) is 0 Å². The van der Waals surface area contributed by atoms with Crippen LogP contribution in [-0.4, -0.2) is 12.0 Å². The normalized spacial score (nSPS) is 10.7. The lowest BCUT2D eigenvalue weighted by molar-refractivity contribution is 0.889. The van der Waals surface area contributed by atoms with Gasteiger partial charge in [0, 0.05) is 18.5 Å². The number of nitrogens with two attached hydrogens (primary N) is 1. The minimum atomic E-state index is 0.339. The molecule has 2 aromatic heterocycles. The number of thiophene rings is 1. The fraction of sp³-hybridized carbons (Fsp3) is 0.250. The van der Waals surface area contributed by atoms with Gasteiger partial charge in [-0.2, -0.15) is 0 Å². The molecule has 18 heavy (non-hydrogen) atoms. The molecule has 0 aliphatic rings. The Hall–Kier alpha value is -0.810. The van der Waals surface area contributed by atoms with Gasteiger partial charge in [0.2, 0.25) is 0 Å². The van der Waals surface area contributed by atoms with Crippen molar-refractivity contribution in [2.45, 2.75) is 13.1 Å². The number of hydrogen-bond donors (Lipinski definition) is 1. The van der Waals surface area contributed by atoms with Crippen LogP contribution >= 0.6 is 34.5 Å². The Balaban J connectivity index is 2.15. The average Bonchev–Trinajstić information content (AvgIpc) is 2.75. The van der Waals surface area contributed by atoms with Crippen LogP contribution in [0.15, 0.2) is 24.3 Å². The minimum absolute atomic E-state index is 0.339. The van der Waals surface area contributed by atoms with Crippen molar-refractivity contribution in [2.24, 2.45) is 5.73 Å². The van der Waals surface area contributed by atoms with Crippen LogP contribution in [0.3, 0.4) is 0 Å². The number of pyridine rings is 1. The van der Waals surface area contributed by atoms with E-state index in [9.17, 15) is 0 Å². The van der Waals surface area contributed by atoms with Crippen LogP contribution in [0.1, 0.15) is 10.6 Å². The van der Waals surface area contributed by atoms with E-state index in [1.165, 1.54) is 4.88 Å². The summed E-state index contributed by atoms with van der Waals surface area (Å²) in [5, 5.41) is 0.605. The molecule has 0 atom stereocenters. The Bertz CT molecular complexity index is 542. The van der Waals surface area contributed by atoms with Gasteiger partial charge in [-0.3, -0.25) is 0 Å². The molecular weight excluding hydrogens is 289 g/mol. The first-order chi connectivity index (χ1) is 8.60. The Morgan fingerprint density at radius 2 is 2.06 bits per heavy atom. The standard InChI is InChI=1S/C12H13Cl2N3S/c1-17(7-8-2-4-11(14)18-8)12-5-3-9(13)10(6-15)16-12/h2-5H,6-7,15H2,1H3. The lowest BCUT2D eigenvalue weighted by Gasteiger charge is -2.18. The lowest BCUT2D eigenvalue weighted by Crippen LogP contribution is -2.18. The van der Waals surface area contributed by atoms with Gasteiger partial charge in [-0.05, 0) is 24.3 Å². The van der Waals surface area contributed by atoms with Crippen LogP contribution in [0, 0.1) is 0 Å². The fourth-order valence-corrected chi connectivity index (χ4v) is 2.90. The molecule has 0 radical (unpaired) electrons. The number of nitrogens with zero attached hydrogens (tertiary/aromatic N) is 2. The predicted octanol–water partition coefficient (Wildman–Crippen LogP) is 3.55. The summed E-state index contributed by atoms with van der Waals surface area (Å²) in [6.45, 7) is 1.10. The van der Waals surface area contributed by atoms with Gasteiger partial charge in [-0.25, -0.2) is 4.98 Å². The van der Waals surface area contributed by atoms with E-state index in [1.807, 2.05) is 36.2 Å². The Kier molecular flexibility index (Phi) is 4.45. The lowest BCUT2D eigenvalue weighted by atomic mass is 10.3. The highest BCUT2D eigenvalue weighted by molar-refractivity contribution is 7.16. The monoisotopic (exact) mass is 301 g/mol. The summed E-state index contributed by atoms with van der Waals surface area (Å²) in [6, 6.07) is 7.62. The van der Waals surface area contributed by atoms with Crippen molar-refractivity contribution in [3.8, 4) is 0 Å². The summed E-state index contributed by atoms with van der Waals surface area (Å²) < 4.78 is 0.796. The first-order valence-corrected chi connectivity index (χ1v) is 6.98. The maximum Gasteiger partial charge on any atom is 0.129 e. The average molecular weight is 302 g/mol. The molecule has 0 saturated carbocycles. The van der Waals surface area contributed by atoms with Crippen molar-refractivity contribution in [1.29, 1.82) is 0 Å². The van der Waals surface area contributed by atoms with E-state index in [4.69, 9.17) is 28.9 Å². The van der Waals surface area contributed by atoms with Crippen molar-refractivity contribution in [3.63, 3.8) is 0 Å². The smallest absolute Gasteiger partial charge is 0.129 e. The molecule has 6 heteroatoms. The van der Waals surface area contributed by atoms with E-state index < -0.39 is 0 Å². The Morgan fingerprint density at radius 1 is 1.28 bits per heavy atom. The maximum absolute atomic E-state index is 5.99. The molecule has 96 valence electrons. The molecule has 3 nitrogen and oxygen atoms in total. The molecule has 0 amide bonds. The molecule has 0 aromatic carbocycles. The van der Waals surface area contributed by atoms with Crippen molar-refractivity contribution < 1.29 is 0 Å². The van der Waals surface area contributed by atoms with Crippen molar-refractivity contribution in [1.82, 2.24) is 4.98 Å². The van der Waals surface area contributed by atoms with E-state index in [0.29, 0.717) is 17.3 Å². The van der Waals surface area contributed by atoms with Gasteiger partial charge in [-0.1, -0.05) is 23.2 Å². The predicted molar refractivity (Wildman–Crippen MR) is 78.6 cm³/mol. The number of hydrogen-bond acceptors (Lipinski definition) is 4. The molecule has 0 spiro atoms. The number of halogens is 2. The summed E-state index contributed by atoms with van der Waals surface area (Å²) in [5.41, 5.74) is 6.31. The van der Waals surface area contributed by atoms with Crippen molar-refractivity contribution in [3.05, 3.63) is 44.2 Å². The third-order valence-electron chi connectivity index (χ3n) is 2.51. The van der Waals surface area contributed by atoms with Gasteiger partial charge in [0.05, 0.1) is 21.6 Å². The molecule has 0 aliphatic heterocycles. The van der Waals surface area contributed by atoms with Gasteiger partial charge in [0.1, 0.15) is 5.82 Å². The van der Waals surface area contributed by atoms with Crippen LogP contribution in [0.4, 0.5) is 5.82 Å². The summed E-state index contributed by atoms with van der Waals surface area (Å²) in [4.78, 5) is 7.66. The van der Waals surface area contributed by atoms with Gasteiger partial charge >= 0.3 is 0 Å². The number of anilines is 1. The molecule has 0 bridgehead atoms. The zero-order chi connectivity index (χ0) is 13.1. The highest BCUT2D eigenvalue weighted by atomic mass is 35.5. The van der Waals surface area contributed by atoms with Gasteiger partial charge < -0.3 is 10.6 Å². The summed E-state index contributed by atoms with van der Waals surface area (Å²) in [7, 11) is 1.98.